The zero-order valence-electron chi connectivity index (χ0n) is 12.7. The van der Waals surface area contributed by atoms with Crippen LogP contribution in [0.15, 0.2) is 22.7 Å². The molecule has 1 aromatic rings. The first-order valence-corrected chi connectivity index (χ1v) is 8.60. The van der Waals surface area contributed by atoms with Gasteiger partial charge in [0.1, 0.15) is 0 Å². The number of esters is 1. The fraction of sp³-hybridized carbons (Fsp3) is 0.562. The molecule has 22 heavy (non-hydrogen) atoms. The van der Waals surface area contributed by atoms with Gasteiger partial charge in [-0.05, 0) is 36.6 Å². The fourth-order valence-corrected chi connectivity index (χ4v) is 3.15. The molecule has 0 saturated carbocycles. The Morgan fingerprint density at radius 3 is 3.05 bits per heavy atom. The molecule has 1 aliphatic heterocycles. The summed E-state index contributed by atoms with van der Waals surface area (Å²) in [5, 5.41) is 0.735. The normalized spacial score (nSPS) is 17.9. The lowest BCUT2D eigenvalue weighted by Gasteiger charge is -2.25. The molecule has 0 aliphatic carbocycles. The number of ether oxygens (including phenoxy) is 2. The molecule has 1 aromatic carbocycles. The predicted molar refractivity (Wildman–Crippen MR) is 90.0 cm³/mol. The highest BCUT2D eigenvalue weighted by Gasteiger charge is 2.20. The standard InChI is InChI=1S/C16H21BrClNO3/c1-21-16(20)6-7-19(11-14-3-2-8-22-14)10-12-9-13(17)4-5-15(12)18/h4-5,9,14H,2-3,6-8,10-11H2,1H3. The maximum atomic E-state index is 11.4. The molecule has 1 saturated heterocycles. The van der Waals surface area contributed by atoms with Gasteiger partial charge >= 0.3 is 5.97 Å². The summed E-state index contributed by atoms with van der Waals surface area (Å²) < 4.78 is 11.4. The molecule has 2 rings (SSSR count). The highest BCUT2D eigenvalue weighted by molar-refractivity contribution is 9.10. The monoisotopic (exact) mass is 389 g/mol. The van der Waals surface area contributed by atoms with Gasteiger partial charge in [0, 0.05) is 35.7 Å². The number of hydrogen-bond donors (Lipinski definition) is 0. The third-order valence-electron chi connectivity index (χ3n) is 3.75. The SMILES string of the molecule is COC(=O)CCN(Cc1cc(Br)ccc1Cl)CC1CCCO1. The van der Waals surface area contributed by atoms with Gasteiger partial charge in [0.05, 0.1) is 19.6 Å². The van der Waals surface area contributed by atoms with E-state index in [9.17, 15) is 4.79 Å². The smallest absolute Gasteiger partial charge is 0.306 e. The van der Waals surface area contributed by atoms with E-state index in [-0.39, 0.29) is 12.1 Å². The van der Waals surface area contributed by atoms with Crippen molar-refractivity contribution in [3.05, 3.63) is 33.3 Å². The Hall–Kier alpha value is -0.620. The van der Waals surface area contributed by atoms with Gasteiger partial charge in [-0.2, -0.15) is 0 Å². The summed E-state index contributed by atoms with van der Waals surface area (Å²) in [6.07, 6.45) is 2.78. The highest BCUT2D eigenvalue weighted by atomic mass is 79.9. The minimum absolute atomic E-state index is 0.197. The van der Waals surface area contributed by atoms with E-state index in [1.54, 1.807) is 0 Å². The number of benzene rings is 1. The largest absolute Gasteiger partial charge is 0.469 e. The molecular formula is C16H21BrClNO3. The molecular weight excluding hydrogens is 370 g/mol. The molecule has 1 aliphatic rings. The molecule has 1 atom stereocenters. The van der Waals surface area contributed by atoms with Crippen molar-refractivity contribution in [2.45, 2.75) is 31.9 Å². The topological polar surface area (TPSA) is 38.8 Å². The van der Waals surface area contributed by atoms with Crippen LogP contribution in [0.3, 0.4) is 0 Å². The van der Waals surface area contributed by atoms with Gasteiger partial charge in [-0.3, -0.25) is 9.69 Å². The van der Waals surface area contributed by atoms with Gasteiger partial charge < -0.3 is 9.47 Å². The molecule has 0 bridgehead atoms. The Morgan fingerprint density at radius 2 is 2.36 bits per heavy atom. The van der Waals surface area contributed by atoms with Crippen LogP contribution >= 0.6 is 27.5 Å². The first kappa shape index (κ1) is 17.7. The average Bonchev–Trinajstić information content (AvgIpc) is 3.01. The van der Waals surface area contributed by atoms with Crippen LogP contribution in [0.4, 0.5) is 0 Å². The second kappa shape index (κ2) is 8.87. The van der Waals surface area contributed by atoms with Gasteiger partial charge in [-0.1, -0.05) is 27.5 Å². The van der Waals surface area contributed by atoms with E-state index >= 15 is 0 Å². The number of halogens is 2. The van der Waals surface area contributed by atoms with Gasteiger partial charge in [0.15, 0.2) is 0 Å². The molecule has 6 heteroatoms. The van der Waals surface area contributed by atoms with Crippen LogP contribution in [0.2, 0.25) is 5.02 Å². The summed E-state index contributed by atoms with van der Waals surface area (Å²) in [4.78, 5) is 13.6. The van der Waals surface area contributed by atoms with Gasteiger partial charge in [0.2, 0.25) is 0 Å². The molecule has 122 valence electrons. The van der Waals surface area contributed by atoms with Crippen molar-refractivity contribution < 1.29 is 14.3 Å². The molecule has 0 radical (unpaired) electrons. The van der Waals surface area contributed by atoms with Gasteiger partial charge in [-0.25, -0.2) is 0 Å². The highest BCUT2D eigenvalue weighted by Crippen LogP contribution is 2.23. The molecule has 0 spiro atoms. The average molecular weight is 391 g/mol. The number of methoxy groups -OCH3 is 1. The van der Waals surface area contributed by atoms with E-state index in [0.29, 0.717) is 19.5 Å². The number of carbonyl (C=O) groups excluding carboxylic acids is 1. The Morgan fingerprint density at radius 1 is 1.55 bits per heavy atom. The van der Waals surface area contributed by atoms with Crippen molar-refractivity contribution in [2.75, 3.05) is 26.8 Å². The maximum Gasteiger partial charge on any atom is 0.306 e. The lowest BCUT2D eigenvalue weighted by molar-refractivity contribution is -0.141. The van der Waals surface area contributed by atoms with Crippen molar-refractivity contribution in [3.63, 3.8) is 0 Å². The third-order valence-corrected chi connectivity index (χ3v) is 4.61. The van der Waals surface area contributed by atoms with Crippen molar-refractivity contribution in [1.29, 1.82) is 0 Å². The van der Waals surface area contributed by atoms with Crippen molar-refractivity contribution >= 4 is 33.5 Å². The van der Waals surface area contributed by atoms with E-state index in [1.807, 2.05) is 18.2 Å². The summed E-state index contributed by atoms with van der Waals surface area (Å²) in [7, 11) is 1.41. The molecule has 0 amide bonds. The van der Waals surface area contributed by atoms with E-state index in [0.717, 1.165) is 41.1 Å². The molecule has 1 heterocycles. The summed E-state index contributed by atoms with van der Waals surface area (Å²) in [5.41, 5.74) is 1.04. The van der Waals surface area contributed by atoms with E-state index in [1.165, 1.54) is 7.11 Å². The second-order valence-electron chi connectivity index (χ2n) is 5.43. The predicted octanol–water partition coefficient (Wildman–Crippen LogP) is 3.65. The second-order valence-corrected chi connectivity index (χ2v) is 6.75. The zero-order chi connectivity index (χ0) is 15.9. The Bertz CT molecular complexity index is 506. The van der Waals surface area contributed by atoms with Crippen LogP contribution in [0.25, 0.3) is 0 Å². The molecule has 0 aromatic heterocycles. The minimum Gasteiger partial charge on any atom is -0.469 e. The van der Waals surface area contributed by atoms with Crippen LogP contribution in [-0.4, -0.2) is 43.8 Å². The van der Waals surface area contributed by atoms with Gasteiger partial charge in [-0.15, -0.1) is 0 Å². The zero-order valence-corrected chi connectivity index (χ0v) is 15.0. The first-order chi connectivity index (χ1) is 10.6. The number of hydrogen-bond acceptors (Lipinski definition) is 4. The first-order valence-electron chi connectivity index (χ1n) is 7.43. The maximum absolute atomic E-state index is 11.4. The summed E-state index contributed by atoms with van der Waals surface area (Å²) in [5.74, 6) is -0.197. The Labute approximate surface area is 144 Å². The van der Waals surface area contributed by atoms with Crippen LogP contribution in [0.5, 0.6) is 0 Å². The Balaban J connectivity index is 2.01. The van der Waals surface area contributed by atoms with Crippen LogP contribution in [0, 0.1) is 0 Å². The minimum atomic E-state index is -0.197. The van der Waals surface area contributed by atoms with Crippen LogP contribution in [-0.2, 0) is 20.8 Å². The Kier molecular flexibility index (Phi) is 7.15. The van der Waals surface area contributed by atoms with Crippen LogP contribution in [0.1, 0.15) is 24.8 Å². The number of carbonyl (C=O) groups is 1. The van der Waals surface area contributed by atoms with Crippen LogP contribution < -0.4 is 0 Å². The lowest BCUT2D eigenvalue weighted by atomic mass is 10.1. The van der Waals surface area contributed by atoms with E-state index in [2.05, 4.69) is 20.8 Å². The summed E-state index contributed by atoms with van der Waals surface area (Å²) >= 11 is 9.75. The number of nitrogens with zero attached hydrogens (tertiary/aromatic N) is 1. The summed E-state index contributed by atoms with van der Waals surface area (Å²) in [6.45, 7) is 2.96. The lowest BCUT2D eigenvalue weighted by Crippen LogP contribution is -2.33. The molecule has 1 unspecified atom stereocenters. The molecule has 0 N–H and O–H groups in total. The van der Waals surface area contributed by atoms with Gasteiger partial charge in [0.25, 0.3) is 0 Å². The van der Waals surface area contributed by atoms with E-state index in [4.69, 9.17) is 21.1 Å². The third kappa shape index (κ3) is 5.54. The van der Waals surface area contributed by atoms with Crippen molar-refractivity contribution in [1.82, 2.24) is 4.90 Å². The quantitative estimate of drug-likeness (QED) is 0.666. The van der Waals surface area contributed by atoms with Crippen molar-refractivity contribution in [3.8, 4) is 0 Å². The number of rotatable bonds is 7. The summed E-state index contributed by atoms with van der Waals surface area (Å²) in [6, 6.07) is 5.82. The molecule has 4 nitrogen and oxygen atoms in total. The molecule has 1 fully saturated rings. The van der Waals surface area contributed by atoms with E-state index < -0.39 is 0 Å². The van der Waals surface area contributed by atoms with Crippen molar-refractivity contribution in [2.24, 2.45) is 0 Å². The fourth-order valence-electron chi connectivity index (χ4n) is 2.57.